The monoisotopic (exact) mass is 536 g/mol. The summed E-state index contributed by atoms with van der Waals surface area (Å²) in [4.78, 5) is 6.92. The Labute approximate surface area is 216 Å². The molecule has 37 heavy (non-hydrogen) atoms. The second-order valence-corrected chi connectivity index (χ2v) is 9.94. The van der Waals surface area contributed by atoms with Crippen molar-refractivity contribution in [1.82, 2.24) is 30.3 Å². The maximum absolute atomic E-state index is 13.2. The number of aromatic nitrogens is 3. The highest BCUT2D eigenvalue weighted by atomic mass is 32.1. The van der Waals surface area contributed by atoms with Gasteiger partial charge in [0.15, 0.2) is 0 Å². The Bertz CT molecular complexity index is 1240. The van der Waals surface area contributed by atoms with Gasteiger partial charge in [0.1, 0.15) is 23.3 Å². The third kappa shape index (κ3) is 5.65. The fourth-order valence-electron chi connectivity index (χ4n) is 4.76. The first-order valence-corrected chi connectivity index (χ1v) is 13.0. The van der Waals surface area contributed by atoms with Gasteiger partial charge in [-0.15, -0.1) is 11.3 Å². The standard InChI is InChI=1S/C25H28F4N6OS/c1-36-21-4-2-3-16-12-30-24(31-13-17(16)21)19-14-37-25(32-19)15-5-7-34(8-6-15)9-10-35-20(23(28)29)11-18(33-35)22(26)27/h2-4,9-11,14-15,22-24,30-31H,5-8,12-13H2,1H3. The van der Waals surface area contributed by atoms with Gasteiger partial charge in [-0.1, -0.05) is 12.1 Å². The summed E-state index contributed by atoms with van der Waals surface area (Å²) in [6.45, 7) is 2.80. The number of fused-ring (bicyclic) bond motifs is 1. The predicted octanol–water partition coefficient (Wildman–Crippen LogP) is 5.42. The van der Waals surface area contributed by atoms with Gasteiger partial charge in [0.05, 0.1) is 17.8 Å². The smallest absolute Gasteiger partial charge is 0.282 e. The first-order valence-electron chi connectivity index (χ1n) is 12.1. The Hall–Kier alpha value is -2.96. The van der Waals surface area contributed by atoms with E-state index in [2.05, 4.69) is 27.2 Å². The number of methoxy groups -OCH3 is 1. The van der Waals surface area contributed by atoms with Crippen molar-refractivity contribution in [2.24, 2.45) is 0 Å². The molecule has 1 aromatic carbocycles. The molecular weight excluding hydrogens is 508 g/mol. The van der Waals surface area contributed by atoms with E-state index in [-0.39, 0.29) is 6.17 Å². The highest BCUT2D eigenvalue weighted by Gasteiger charge is 2.25. The second kappa shape index (κ2) is 11.2. The number of alkyl halides is 4. The quantitative estimate of drug-likeness (QED) is 0.393. The molecule has 3 aromatic rings. The van der Waals surface area contributed by atoms with Crippen molar-refractivity contribution >= 4 is 17.5 Å². The molecule has 2 aliphatic heterocycles. The minimum absolute atomic E-state index is 0.0682. The van der Waals surface area contributed by atoms with Crippen LogP contribution in [0, 0.1) is 0 Å². The van der Waals surface area contributed by atoms with Crippen molar-refractivity contribution in [2.45, 2.75) is 50.9 Å². The first-order chi connectivity index (χ1) is 17.9. The Kier molecular flexibility index (Phi) is 7.77. The molecule has 198 valence electrons. The summed E-state index contributed by atoms with van der Waals surface area (Å²) in [6.07, 6.45) is -1.17. The molecule has 4 heterocycles. The fourth-order valence-corrected chi connectivity index (χ4v) is 5.77. The van der Waals surface area contributed by atoms with Gasteiger partial charge in [-0.25, -0.2) is 27.2 Å². The number of piperidine rings is 1. The van der Waals surface area contributed by atoms with E-state index in [4.69, 9.17) is 9.72 Å². The van der Waals surface area contributed by atoms with E-state index in [0.717, 1.165) is 45.6 Å². The van der Waals surface area contributed by atoms with Crippen molar-refractivity contribution in [2.75, 3.05) is 20.2 Å². The van der Waals surface area contributed by atoms with Gasteiger partial charge >= 0.3 is 0 Å². The van der Waals surface area contributed by atoms with Crippen LogP contribution in [0.25, 0.3) is 6.20 Å². The number of rotatable bonds is 7. The summed E-state index contributed by atoms with van der Waals surface area (Å²) in [7, 11) is 1.68. The number of ether oxygens (including phenoxy) is 1. The summed E-state index contributed by atoms with van der Waals surface area (Å²) in [6, 6.07) is 6.81. The van der Waals surface area contributed by atoms with E-state index >= 15 is 0 Å². The number of nitrogens with zero attached hydrogens (tertiary/aromatic N) is 4. The molecule has 0 amide bonds. The van der Waals surface area contributed by atoms with E-state index in [1.807, 2.05) is 17.0 Å². The Balaban J connectivity index is 1.18. The van der Waals surface area contributed by atoms with Gasteiger partial charge in [-0.2, -0.15) is 5.10 Å². The first kappa shape index (κ1) is 25.7. The lowest BCUT2D eigenvalue weighted by Gasteiger charge is -2.30. The van der Waals surface area contributed by atoms with Crippen LogP contribution in [-0.4, -0.2) is 39.9 Å². The van der Waals surface area contributed by atoms with E-state index in [1.165, 1.54) is 11.8 Å². The van der Waals surface area contributed by atoms with E-state index in [1.54, 1.807) is 24.6 Å². The summed E-state index contributed by atoms with van der Waals surface area (Å²) in [5.74, 6) is 1.18. The second-order valence-electron chi connectivity index (χ2n) is 9.05. The summed E-state index contributed by atoms with van der Waals surface area (Å²) >= 11 is 1.65. The van der Waals surface area contributed by atoms with Gasteiger partial charge in [-0.3, -0.25) is 10.6 Å². The van der Waals surface area contributed by atoms with Crippen molar-refractivity contribution in [1.29, 1.82) is 0 Å². The molecule has 7 nitrogen and oxygen atoms in total. The van der Waals surface area contributed by atoms with Crippen LogP contribution in [0.1, 0.15) is 71.0 Å². The van der Waals surface area contributed by atoms with Crippen molar-refractivity contribution in [3.8, 4) is 5.75 Å². The summed E-state index contributed by atoms with van der Waals surface area (Å²) in [5.41, 5.74) is 2.11. The van der Waals surface area contributed by atoms with Gasteiger partial charge in [-0.05, 0) is 30.5 Å². The molecule has 2 N–H and O–H groups in total. The van der Waals surface area contributed by atoms with Crippen LogP contribution in [-0.2, 0) is 13.1 Å². The van der Waals surface area contributed by atoms with Crippen LogP contribution in [0.15, 0.2) is 35.8 Å². The van der Waals surface area contributed by atoms with Gasteiger partial charge in [0.2, 0.25) is 0 Å². The number of hydrogen-bond donors (Lipinski definition) is 2. The number of hydrogen-bond acceptors (Lipinski definition) is 7. The van der Waals surface area contributed by atoms with E-state index in [0.29, 0.717) is 32.1 Å². The highest BCUT2D eigenvalue weighted by molar-refractivity contribution is 7.09. The molecule has 0 radical (unpaired) electrons. The minimum atomic E-state index is -2.90. The SMILES string of the molecule is COc1cccc2c1CNC(c1csc(C3CCN(C=Cn4nc(C(F)F)cc4C(F)F)CC3)n1)NC2. The number of likely N-dealkylation sites (tertiary alicyclic amines) is 1. The lowest BCUT2D eigenvalue weighted by molar-refractivity contribution is 0.143. The van der Waals surface area contributed by atoms with Crippen LogP contribution < -0.4 is 15.4 Å². The number of thiazole rings is 1. The largest absolute Gasteiger partial charge is 0.496 e. The van der Waals surface area contributed by atoms with Gasteiger partial charge in [0.25, 0.3) is 12.9 Å². The Morgan fingerprint density at radius 2 is 1.86 bits per heavy atom. The normalized spacial score (nSPS) is 19.1. The maximum atomic E-state index is 13.2. The van der Waals surface area contributed by atoms with Gasteiger partial charge < -0.3 is 9.64 Å². The van der Waals surface area contributed by atoms with Crippen molar-refractivity contribution in [3.63, 3.8) is 0 Å². The Morgan fingerprint density at radius 1 is 1.08 bits per heavy atom. The minimum Gasteiger partial charge on any atom is -0.496 e. The molecule has 1 atom stereocenters. The third-order valence-corrected chi connectivity index (χ3v) is 7.82. The maximum Gasteiger partial charge on any atom is 0.282 e. The molecule has 0 aliphatic carbocycles. The van der Waals surface area contributed by atoms with Crippen LogP contribution in [0.5, 0.6) is 5.75 Å². The Morgan fingerprint density at radius 3 is 2.59 bits per heavy atom. The number of benzene rings is 1. The van der Waals surface area contributed by atoms with Crippen LogP contribution >= 0.6 is 11.3 Å². The average Bonchev–Trinajstić information content (AvgIpc) is 3.51. The lowest BCUT2D eigenvalue weighted by Crippen LogP contribution is -2.31. The molecule has 1 fully saturated rings. The van der Waals surface area contributed by atoms with E-state index < -0.39 is 24.2 Å². The molecule has 2 aromatic heterocycles. The molecule has 1 unspecified atom stereocenters. The zero-order valence-corrected chi connectivity index (χ0v) is 21.0. The molecule has 0 bridgehead atoms. The topological polar surface area (TPSA) is 67.2 Å². The summed E-state index contributed by atoms with van der Waals surface area (Å²) in [5, 5.41) is 13.8. The zero-order valence-electron chi connectivity index (χ0n) is 20.2. The van der Waals surface area contributed by atoms with E-state index in [9.17, 15) is 17.6 Å². The van der Waals surface area contributed by atoms with Crippen molar-refractivity contribution in [3.05, 3.63) is 69.1 Å². The van der Waals surface area contributed by atoms with Crippen LogP contribution in [0.2, 0.25) is 0 Å². The zero-order chi connectivity index (χ0) is 25.9. The molecule has 5 rings (SSSR count). The predicted molar refractivity (Wildman–Crippen MR) is 133 cm³/mol. The molecule has 0 saturated carbocycles. The average molecular weight is 537 g/mol. The molecule has 12 heteroatoms. The van der Waals surface area contributed by atoms with Gasteiger partial charge in [0, 0.05) is 55.4 Å². The molecular formula is C25H28F4N6OS. The summed E-state index contributed by atoms with van der Waals surface area (Å²) < 4.78 is 58.5. The lowest BCUT2D eigenvalue weighted by atomic mass is 9.98. The van der Waals surface area contributed by atoms with Crippen molar-refractivity contribution < 1.29 is 22.3 Å². The number of halogens is 4. The number of nitrogens with one attached hydrogen (secondary N) is 2. The third-order valence-electron chi connectivity index (χ3n) is 6.79. The molecule has 0 spiro atoms. The molecule has 1 saturated heterocycles. The van der Waals surface area contributed by atoms with Crippen LogP contribution in [0.4, 0.5) is 17.6 Å². The highest BCUT2D eigenvalue weighted by Crippen LogP contribution is 2.33. The fraction of sp³-hybridized carbons (Fsp3) is 0.440. The van der Waals surface area contributed by atoms with Crippen LogP contribution in [0.3, 0.4) is 0 Å². The molecule has 2 aliphatic rings.